The molecule has 102 valence electrons. The fourth-order valence-electron chi connectivity index (χ4n) is 1.89. The summed E-state index contributed by atoms with van der Waals surface area (Å²) in [5.41, 5.74) is 0. The highest BCUT2D eigenvalue weighted by Crippen LogP contribution is 2.24. The monoisotopic (exact) mass is 317 g/mol. The van der Waals surface area contributed by atoms with Crippen molar-refractivity contribution in [2.24, 2.45) is 0 Å². The minimum Gasteiger partial charge on any atom is -0.372 e. The van der Waals surface area contributed by atoms with E-state index in [0.717, 1.165) is 18.4 Å². The number of rotatable bonds is 8. The van der Waals surface area contributed by atoms with E-state index in [2.05, 4.69) is 25.6 Å². The Bertz CT molecular complexity index is 209. The largest absolute Gasteiger partial charge is 0.411 e. The molecule has 1 fully saturated rings. The van der Waals surface area contributed by atoms with E-state index >= 15 is 0 Å². The van der Waals surface area contributed by atoms with Crippen LogP contribution in [0, 0.1) is 0 Å². The Balaban J connectivity index is 2.06. The normalized spacial score (nSPS) is 17.5. The van der Waals surface area contributed by atoms with Crippen molar-refractivity contribution < 1.29 is 17.9 Å². The van der Waals surface area contributed by atoms with Crippen LogP contribution in [0.3, 0.4) is 0 Å². The minimum atomic E-state index is -4.20. The molecule has 0 aromatic rings. The smallest absolute Gasteiger partial charge is 0.372 e. The van der Waals surface area contributed by atoms with E-state index in [1.54, 1.807) is 0 Å². The van der Waals surface area contributed by atoms with Gasteiger partial charge in [0.05, 0.1) is 0 Å². The van der Waals surface area contributed by atoms with Gasteiger partial charge in [-0.25, -0.2) is 0 Å². The maximum absolute atomic E-state index is 11.8. The van der Waals surface area contributed by atoms with E-state index in [4.69, 9.17) is 0 Å². The number of alkyl halides is 4. The van der Waals surface area contributed by atoms with Crippen molar-refractivity contribution in [1.82, 2.24) is 4.90 Å². The molecule has 0 radical (unpaired) electrons. The predicted octanol–water partition coefficient (Wildman–Crippen LogP) is 3.20. The van der Waals surface area contributed by atoms with Gasteiger partial charge in [0.25, 0.3) is 0 Å². The zero-order valence-corrected chi connectivity index (χ0v) is 11.4. The summed E-state index contributed by atoms with van der Waals surface area (Å²) in [6, 6.07) is 0.634. The maximum Gasteiger partial charge on any atom is 0.411 e. The van der Waals surface area contributed by atoms with E-state index in [0.29, 0.717) is 12.5 Å². The second-order valence-electron chi connectivity index (χ2n) is 4.33. The van der Waals surface area contributed by atoms with Gasteiger partial charge in [-0.2, -0.15) is 13.2 Å². The lowest BCUT2D eigenvalue weighted by molar-refractivity contribution is -0.174. The van der Waals surface area contributed by atoms with Crippen molar-refractivity contribution in [3.63, 3.8) is 0 Å². The molecule has 0 aliphatic heterocycles. The van der Waals surface area contributed by atoms with Gasteiger partial charge in [0.2, 0.25) is 0 Å². The molecule has 1 rings (SSSR count). The molecule has 17 heavy (non-hydrogen) atoms. The molecule has 0 unspecified atom stereocenters. The Labute approximate surface area is 109 Å². The molecule has 0 amide bonds. The molecule has 1 aliphatic carbocycles. The molecular weight excluding hydrogens is 299 g/mol. The van der Waals surface area contributed by atoms with Crippen molar-refractivity contribution in [3.05, 3.63) is 0 Å². The van der Waals surface area contributed by atoms with Crippen LogP contribution >= 0.6 is 15.9 Å². The van der Waals surface area contributed by atoms with Gasteiger partial charge in [-0.05, 0) is 19.3 Å². The Kier molecular flexibility index (Phi) is 6.80. The van der Waals surface area contributed by atoms with Gasteiger partial charge >= 0.3 is 6.18 Å². The molecule has 2 nitrogen and oxygen atoms in total. The van der Waals surface area contributed by atoms with Crippen LogP contribution in [-0.4, -0.2) is 48.8 Å². The topological polar surface area (TPSA) is 12.5 Å². The zero-order chi connectivity index (χ0) is 12.7. The summed E-state index contributed by atoms with van der Waals surface area (Å²) >= 11 is 3.40. The standard InChI is InChI=1S/C11H19BrF3NO/c12-5-7-16(10-3-1-4-10)6-2-8-17-9-11(13,14)15/h10H,1-9H2. The molecule has 0 saturated heterocycles. The van der Waals surface area contributed by atoms with Crippen LogP contribution in [0.2, 0.25) is 0 Å². The van der Waals surface area contributed by atoms with Crippen molar-refractivity contribution >= 4 is 15.9 Å². The number of halogens is 4. The predicted molar refractivity (Wildman–Crippen MR) is 64.5 cm³/mol. The van der Waals surface area contributed by atoms with E-state index < -0.39 is 12.8 Å². The van der Waals surface area contributed by atoms with Gasteiger partial charge in [-0.1, -0.05) is 22.4 Å². The van der Waals surface area contributed by atoms with Crippen molar-refractivity contribution in [1.29, 1.82) is 0 Å². The Hall–Kier alpha value is 0.190. The molecule has 0 aromatic heterocycles. The highest BCUT2D eigenvalue weighted by atomic mass is 79.9. The van der Waals surface area contributed by atoms with Gasteiger partial charge in [0.1, 0.15) is 6.61 Å². The van der Waals surface area contributed by atoms with Crippen molar-refractivity contribution in [3.8, 4) is 0 Å². The number of hydrogen-bond donors (Lipinski definition) is 0. The fourth-order valence-corrected chi connectivity index (χ4v) is 2.35. The number of ether oxygens (including phenoxy) is 1. The lowest BCUT2D eigenvalue weighted by atomic mass is 9.91. The quantitative estimate of drug-likeness (QED) is 0.503. The van der Waals surface area contributed by atoms with Crippen LogP contribution < -0.4 is 0 Å². The third kappa shape index (κ3) is 6.62. The average molecular weight is 318 g/mol. The third-order valence-electron chi connectivity index (χ3n) is 2.96. The molecule has 0 heterocycles. The third-order valence-corrected chi connectivity index (χ3v) is 3.32. The Morgan fingerprint density at radius 2 is 1.94 bits per heavy atom. The first-order valence-electron chi connectivity index (χ1n) is 5.97. The van der Waals surface area contributed by atoms with E-state index in [9.17, 15) is 13.2 Å². The Morgan fingerprint density at radius 1 is 1.24 bits per heavy atom. The van der Waals surface area contributed by atoms with E-state index in [-0.39, 0.29) is 6.61 Å². The molecule has 0 aromatic carbocycles. The number of nitrogens with zero attached hydrogens (tertiary/aromatic N) is 1. The van der Waals surface area contributed by atoms with Gasteiger partial charge in [0, 0.05) is 31.1 Å². The van der Waals surface area contributed by atoms with Gasteiger partial charge < -0.3 is 4.74 Å². The first kappa shape index (κ1) is 15.2. The fraction of sp³-hybridized carbons (Fsp3) is 1.00. The average Bonchev–Trinajstić information content (AvgIpc) is 2.12. The first-order valence-corrected chi connectivity index (χ1v) is 7.09. The minimum absolute atomic E-state index is 0.186. The Morgan fingerprint density at radius 3 is 2.41 bits per heavy atom. The first-order chi connectivity index (χ1) is 8.03. The molecule has 0 atom stereocenters. The molecule has 1 aliphatic rings. The molecule has 0 spiro atoms. The highest BCUT2D eigenvalue weighted by Gasteiger charge is 2.27. The van der Waals surface area contributed by atoms with Gasteiger partial charge in [-0.3, -0.25) is 4.90 Å². The summed E-state index contributed by atoms with van der Waals surface area (Å²) < 4.78 is 40.0. The number of hydrogen-bond acceptors (Lipinski definition) is 2. The van der Waals surface area contributed by atoms with Crippen molar-refractivity contribution in [2.45, 2.75) is 37.9 Å². The SMILES string of the molecule is FC(F)(F)COCCCN(CCBr)C1CCC1. The van der Waals surface area contributed by atoms with Crippen LogP contribution in [0.1, 0.15) is 25.7 Å². The lowest BCUT2D eigenvalue weighted by Crippen LogP contribution is -2.42. The maximum atomic E-state index is 11.8. The van der Waals surface area contributed by atoms with Crippen LogP contribution in [0.4, 0.5) is 13.2 Å². The second-order valence-corrected chi connectivity index (χ2v) is 5.12. The summed E-state index contributed by atoms with van der Waals surface area (Å²) in [4.78, 5) is 2.34. The molecule has 0 N–H and O–H groups in total. The van der Waals surface area contributed by atoms with Crippen LogP contribution in [0.25, 0.3) is 0 Å². The van der Waals surface area contributed by atoms with Crippen LogP contribution in [0.5, 0.6) is 0 Å². The lowest BCUT2D eigenvalue weighted by Gasteiger charge is -2.37. The second kappa shape index (κ2) is 7.59. The van der Waals surface area contributed by atoms with Gasteiger partial charge in [-0.15, -0.1) is 0 Å². The molecular formula is C11H19BrF3NO. The summed E-state index contributed by atoms with van der Waals surface area (Å²) in [7, 11) is 0. The molecule has 6 heteroatoms. The summed E-state index contributed by atoms with van der Waals surface area (Å²) in [6.07, 6.45) is 0.171. The molecule has 1 saturated carbocycles. The summed E-state index contributed by atoms with van der Waals surface area (Å²) in [5.74, 6) is 0. The zero-order valence-electron chi connectivity index (χ0n) is 9.81. The van der Waals surface area contributed by atoms with Crippen LogP contribution in [-0.2, 0) is 4.74 Å². The van der Waals surface area contributed by atoms with Crippen LogP contribution in [0.15, 0.2) is 0 Å². The van der Waals surface area contributed by atoms with Crippen molar-refractivity contribution in [2.75, 3.05) is 31.6 Å². The highest BCUT2D eigenvalue weighted by molar-refractivity contribution is 9.09. The molecule has 0 bridgehead atoms. The van der Waals surface area contributed by atoms with E-state index in [1.165, 1.54) is 19.3 Å². The summed E-state index contributed by atoms with van der Waals surface area (Å²) in [6.45, 7) is 0.845. The summed E-state index contributed by atoms with van der Waals surface area (Å²) in [5, 5.41) is 0.910. The van der Waals surface area contributed by atoms with Gasteiger partial charge in [0.15, 0.2) is 0 Å². The van der Waals surface area contributed by atoms with E-state index in [1.807, 2.05) is 0 Å².